The molecule has 0 saturated heterocycles. The van der Waals surface area contributed by atoms with Crippen LogP contribution < -0.4 is 10.1 Å². The molecule has 1 fully saturated rings. The molecule has 1 aliphatic rings. The zero-order valence-corrected chi connectivity index (χ0v) is 12.9. The number of para-hydroxylation sites is 1. The molecule has 0 heterocycles. The molecule has 1 saturated carbocycles. The van der Waals surface area contributed by atoms with Crippen molar-refractivity contribution in [3.8, 4) is 5.75 Å². The topological polar surface area (TPSA) is 21.3 Å². The zero-order chi connectivity index (χ0) is 13.6. The van der Waals surface area contributed by atoms with Gasteiger partial charge in [-0.1, -0.05) is 31.0 Å². The molecule has 0 spiro atoms. The molecule has 1 aromatic rings. The quantitative estimate of drug-likeness (QED) is 0.819. The average molecular weight is 279 g/mol. The molecule has 0 unspecified atom stereocenters. The fourth-order valence-electron chi connectivity index (χ4n) is 2.84. The summed E-state index contributed by atoms with van der Waals surface area (Å²) in [6.07, 6.45) is 7.74. The number of hydrogen-bond donors (Lipinski definition) is 1. The van der Waals surface area contributed by atoms with Gasteiger partial charge in [-0.25, -0.2) is 0 Å². The van der Waals surface area contributed by atoms with Crippen molar-refractivity contribution in [2.24, 2.45) is 0 Å². The van der Waals surface area contributed by atoms with Crippen LogP contribution in [-0.4, -0.2) is 24.2 Å². The molecular formula is C16H25NOS. The highest BCUT2D eigenvalue weighted by molar-refractivity contribution is 8.00. The minimum Gasteiger partial charge on any atom is -0.494 e. The van der Waals surface area contributed by atoms with E-state index >= 15 is 0 Å². The van der Waals surface area contributed by atoms with Crippen LogP contribution in [0.4, 0.5) is 0 Å². The third kappa shape index (κ3) is 3.90. The number of thioether (sulfide) groups is 1. The van der Waals surface area contributed by atoms with E-state index in [1.54, 1.807) is 0 Å². The van der Waals surface area contributed by atoms with Crippen molar-refractivity contribution in [2.45, 2.75) is 43.9 Å². The summed E-state index contributed by atoms with van der Waals surface area (Å²) in [5, 5.41) is 3.63. The van der Waals surface area contributed by atoms with Gasteiger partial charge in [0.2, 0.25) is 0 Å². The fraction of sp³-hybridized carbons (Fsp3) is 0.625. The molecule has 0 aromatic heterocycles. The van der Waals surface area contributed by atoms with Crippen LogP contribution in [0.2, 0.25) is 0 Å². The Hall–Kier alpha value is -0.670. The second-order valence-electron chi connectivity index (χ2n) is 5.24. The maximum atomic E-state index is 5.67. The predicted molar refractivity (Wildman–Crippen MR) is 84.0 cm³/mol. The molecule has 2 rings (SSSR count). The first-order chi connectivity index (χ1) is 9.29. The maximum Gasteiger partial charge on any atom is 0.123 e. The van der Waals surface area contributed by atoms with E-state index in [2.05, 4.69) is 29.8 Å². The number of nitrogens with one attached hydrogen (secondary N) is 1. The molecule has 19 heavy (non-hydrogen) atoms. The minimum absolute atomic E-state index is 0.473. The lowest BCUT2D eigenvalue weighted by molar-refractivity contribution is 0.335. The second-order valence-corrected chi connectivity index (χ2v) is 6.51. The van der Waals surface area contributed by atoms with E-state index in [1.807, 2.05) is 24.8 Å². The van der Waals surface area contributed by atoms with Gasteiger partial charge in [0.05, 0.1) is 6.61 Å². The van der Waals surface area contributed by atoms with Crippen molar-refractivity contribution in [1.29, 1.82) is 0 Å². The van der Waals surface area contributed by atoms with Crippen LogP contribution in [0.1, 0.15) is 38.2 Å². The molecule has 1 aliphatic carbocycles. The highest BCUT2D eigenvalue weighted by atomic mass is 32.2. The lowest BCUT2D eigenvalue weighted by atomic mass is 10.1. The number of rotatable bonds is 7. The molecule has 3 heteroatoms. The van der Waals surface area contributed by atoms with E-state index in [9.17, 15) is 0 Å². The average Bonchev–Trinajstić information content (AvgIpc) is 2.90. The van der Waals surface area contributed by atoms with E-state index < -0.39 is 0 Å². The standard InChI is InChI=1S/C16H25NOS/c1-3-18-15-9-5-4-8-14(15)12-17-13-16(19-2)10-6-7-11-16/h4-5,8-9,17H,3,6-7,10-13H2,1-2H3. The summed E-state index contributed by atoms with van der Waals surface area (Å²) in [5.41, 5.74) is 1.26. The van der Waals surface area contributed by atoms with Crippen molar-refractivity contribution in [3.63, 3.8) is 0 Å². The largest absolute Gasteiger partial charge is 0.494 e. The van der Waals surface area contributed by atoms with Crippen LogP contribution in [0.25, 0.3) is 0 Å². The minimum atomic E-state index is 0.473. The number of hydrogen-bond acceptors (Lipinski definition) is 3. The SMILES string of the molecule is CCOc1ccccc1CNCC1(SC)CCCC1. The smallest absolute Gasteiger partial charge is 0.123 e. The molecule has 0 aliphatic heterocycles. The van der Waals surface area contributed by atoms with Crippen LogP contribution in [0.5, 0.6) is 5.75 Å². The number of ether oxygens (including phenoxy) is 1. The van der Waals surface area contributed by atoms with E-state index in [0.717, 1.165) is 25.4 Å². The number of benzene rings is 1. The second kappa shape index (κ2) is 7.20. The Morgan fingerprint density at radius 2 is 2.00 bits per heavy atom. The normalized spacial score (nSPS) is 17.6. The maximum absolute atomic E-state index is 5.67. The molecule has 1 aromatic carbocycles. The Morgan fingerprint density at radius 1 is 1.26 bits per heavy atom. The Labute approximate surface area is 121 Å². The third-order valence-electron chi connectivity index (χ3n) is 3.98. The molecular weight excluding hydrogens is 254 g/mol. The third-order valence-corrected chi connectivity index (χ3v) is 5.40. The van der Waals surface area contributed by atoms with Gasteiger partial charge in [0.15, 0.2) is 0 Å². The van der Waals surface area contributed by atoms with E-state index in [4.69, 9.17) is 4.74 Å². The summed E-state index contributed by atoms with van der Waals surface area (Å²) in [5.74, 6) is 1.02. The first-order valence-electron chi connectivity index (χ1n) is 7.26. The Bertz CT molecular complexity index is 388. The highest BCUT2D eigenvalue weighted by Crippen LogP contribution is 2.39. The van der Waals surface area contributed by atoms with Crippen LogP contribution in [0.3, 0.4) is 0 Å². The van der Waals surface area contributed by atoms with Crippen molar-refractivity contribution < 1.29 is 4.74 Å². The van der Waals surface area contributed by atoms with Gasteiger partial charge in [0, 0.05) is 23.4 Å². The summed E-state index contributed by atoms with van der Waals surface area (Å²) in [6.45, 7) is 4.77. The summed E-state index contributed by atoms with van der Waals surface area (Å²) < 4.78 is 6.14. The Kier molecular flexibility index (Phi) is 5.59. The van der Waals surface area contributed by atoms with Crippen molar-refractivity contribution in [2.75, 3.05) is 19.4 Å². The summed E-state index contributed by atoms with van der Waals surface area (Å²) in [4.78, 5) is 0. The Balaban J connectivity index is 1.88. The van der Waals surface area contributed by atoms with Crippen LogP contribution in [-0.2, 0) is 6.54 Å². The lowest BCUT2D eigenvalue weighted by Crippen LogP contribution is -2.34. The van der Waals surface area contributed by atoms with Crippen LogP contribution in [0, 0.1) is 0 Å². The van der Waals surface area contributed by atoms with Crippen molar-refractivity contribution in [1.82, 2.24) is 5.32 Å². The van der Waals surface area contributed by atoms with Gasteiger partial charge in [-0.2, -0.15) is 11.8 Å². The van der Waals surface area contributed by atoms with Crippen molar-refractivity contribution >= 4 is 11.8 Å². The van der Waals surface area contributed by atoms with Crippen LogP contribution >= 0.6 is 11.8 Å². The van der Waals surface area contributed by atoms with E-state index in [0.29, 0.717) is 4.75 Å². The fourth-order valence-corrected chi connectivity index (χ4v) is 3.79. The Morgan fingerprint density at radius 3 is 2.68 bits per heavy atom. The van der Waals surface area contributed by atoms with Gasteiger partial charge >= 0.3 is 0 Å². The highest BCUT2D eigenvalue weighted by Gasteiger charge is 2.32. The van der Waals surface area contributed by atoms with E-state index in [-0.39, 0.29) is 0 Å². The molecule has 0 bridgehead atoms. The molecule has 2 nitrogen and oxygen atoms in total. The molecule has 0 amide bonds. The lowest BCUT2D eigenvalue weighted by Gasteiger charge is -2.27. The summed E-state index contributed by atoms with van der Waals surface area (Å²) in [6, 6.07) is 8.33. The van der Waals surface area contributed by atoms with Crippen LogP contribution in [0.15, 0.2) is 24.3 Å². The van der Waals surface area contributed by atoms with Gasteiger partial charge in [-0.15, -0.1) is 0 Å². The first-order valence-corrected chi connectivity index (χ1v) is 8.49. The summed E-state index contributed by atoms with van der Waals surface area (Å²) >= 11 is 2.04. The first kappa shape index (κ1) is 14.7. The van der Waals surface area contributed by atoms with Gasteiger partial charge in [-0.3, -0.25) is 0 Å². The monoisotopic (exact) mass is 279 g/mol. The van der Waals surface area contributed by atoms with Gasteiger partial charge in [0.25, 0.3) is 0 Å². The summed E-state index contributed by atoms with van der Waals surface area (Å²) in [7, 11) is 0. The molecule has 0 atom stereocenters. The zero-order valence-electron chi connectivity index (χ0n) is 12.1. The molecule has 0 radical (unpaired) electrons. The molecule has 106 valence electrons. The predicted octanol–water partition coefficient (Wildman–Crippen LogP) is 3.85. The van der Waals surface area contributed by atoms with Gasteiger partial charge in [-0.05, 0) is 32.1 Å². The van der Waals surface area contributed by atoms with Gasteiger partial charge in [0.1, 0.15) is 5.75 Å². The molecule has 1 N–H and O–H groups in total. The van der Waals surface area contributed by atoms with Gasteiger partial charge < -0.3 is 10.1 Å². The van der Waals surface area contributed by atoms with Crippen molar-refractivity contribution in [3.05, 3.63) is 29.8 Å². The van der Waals surface area contributed by atoms with E-state index in [1.165, 1.54) is 31.2 Å².